The summed E-state index contributed by atoms with van der Waals surface area (Å²) in [6.07, 6.45) is 0.931. The molecule has 0 spiro atoms. The van der Waals surface area contributed by atoms with E-state index in [1.165, 1.54) is 0 Å². The zero-order valence-electron chi connectivity index (χ0n) is 6.46. The van der Waals surface area contributed by atoms with Gasteiger partial charge in [-0.2, -0.15) is 0 Å². The van der Waals surface area contributed by atoms with Crippen LogP contribution in [0.2, 0.25) is 0 Å². The number of hydrogen-bond acceptors (Lipinski definition) is 4. The van der Waals surface area contributed by atoms with Gasteiger partial charge in [-0.05, 0) is 19.4 Å². The van der Waals surface area contributed by atoms with E-state index in [-0.39, 0.29) is 5.57 Å². The molecule has 12 heavy (non-hydrogen) atoms. The number of hydrogen-bond donors (Lipinski definition) is 3. The Bertz CT molecular complexity index is 257. The lowest BCUT2D eigenvalue weighted by molar-refractivity contribution is -0.125. The molecule has 0 radical (unpaired) electrons. The molecule has 4 N–H and O–H groups in total. The van der Waals surface area contributed by atoms with Crippen molar-refractivity contribution < 1.29 is 14.7 Å². The van der Waals surface area contributed by atoms with Crippen molar-refractivity contribution in [2.75, 3.05) is 6.54 Å². The van der Waals surface area contributed by atoms with Crippen LogP contribution in [-0.2, 0) is 9.59 Å². The van der Waals surface area contributed by atoms with E-state index in [1.54, 1.807) is 0 Å². The van der Waals surface area contributed by atoms with Gasteiger partial charge in [-0.3, -0.25) is 14.9 Å². The van der Waals surface area contributed by atoms with Crippen molar-refractivity contribution in [3.8, 4) is 0 Å². The third-order valence-corrected chi connectivity index (χ3v) is 1.63. The van der Waals surface area contributed by atoms with Gasteiger partial charge in [-0.25, -0.2) is 0 Å². The maximum absolute atomic E-state index is 10.9. The van der Waals surface area contributed by atoms with Crippen molar-refractivity contribution >= 4 is 11.8 Å². The zero-order chi connectivity index (χ0) is 9.14. The van der Waals surface area contributed by atoms with Gasteiger partial charge >= 0.3 is 0 Å². The number of amides is 2. The predicted octanol–water partition coefficient (Wildman–Crippen LogP) is -0.806. The molecule has 1 rings (SSSR count). The molecule has 1 aliphatic rings. The van der Waals surface area contributed by atoms with Crippen LogP contribution in [0.15, 0.2) is 11.3 Å². The molecule has 2 amide bonds. The molecule has 5 heteroatoms. The average Bonchev–Trinajstić information content (AvgIpc) is 2.25. The molecule has 0 atom stereocenters. The topological polar surface area (TPSA) is 92.4 Å². The molecular formula is C7H10N2O3. The van der Waals surface area contributed by atoms with E-state index in [9.17, 15) is 9.59 Å². The van der Waals surface area contributed by atoms with E-state index in [1.807, 2.05) is 5.32 Å². The second-order valence-corrected chi connectivity index (χ2v) is 2.50. The van der Waals surface area contributed by atoms with Crippen molar-refractivity contribution in [1.82, 2.24) is 5.32 Å². The van der Waals surface area contributed by atoms with Gasteiger partial charge in [0.15, 0.2) is 5.76 Å². The fraction of sp³-hybridized carbons (Fsp3) is 0.429. The van der Waals surface area contributed by atoms with E-state index in [2.05, 4.69) is 0 Å². The second-order valence-electron chi connectivity index (χ2n) is 2.50. The van der Waals surface area contributed by atoms with Crippen LogP contribution in [0.5, 0.6) is 0 Å². The van der Waals surface area contributed by atoms with Crippen molar-refractivity contribution in [3.63, 3.8) is 0 Å². The number of rotatable bonds is 3. The standard InChI is InChI=1S/C7H10N2O3/c8-3-1-2-4-5(10)7(12)9-6(4)11/h1-3,8H2,(H2,9,10,11,12). The van der Waals surface area contributed by atoms with Crippen LogP contribution in [0.4, 0.5) is 0 Å². The molecule has 0 unspecified atom stereocenters. The Morgan fingerprint density at radius 2 is 2.00 bits per heavy atom. The molecular weight excluding hydrogens is 160 g/mol. The summed E-state index contributed by atoms with van der Waals surface area (Å²) >= 11 is 0. The molecule has 0 aromatic rings. The van der Waals surface area contributed by atoms with Crippen LogP contribution in [-0.4, -0.2) is 23.5 Å². The summed E-state index contributed by atoms with van der Waals surface area (Å²) in [5, 5.41) is 11.0. The Kier molecular flexibility index (Phi) is 2.44. The fourth-order valence-corrected chi connectivity index (χ4v) is 0.993. The summed E-state index contributed by atoms with van der Waals surface area (Å²) in [6, 6.07) is 0. The van der Waals surface area contributed by atoms with E-state index in [0.29, 0.717) is 19.4 Å². The third kappa shape index (κ3) is 1.45. The van der Waals surface area contributed by atoms with Crippen LogP contribution in [0.3, 0.4) is 0 Å². The maximum atomic E-state index is 10.9. The third-order valence-electron chi connectivity index (χ3n) is 1.63. The first-order valence-electron chi connectivity index (χ1n) is 3.64. The second kappa shape index (κ2) is 3.36. The Balaban J connectivity index is 2.71. The summed E-state index contributed by atoms with van der Waals surface area (Å²) in [5.41, 5.74) is 5.36. The molecule has 0 bridgehead atoms. The van der Waals surface area contributed by atoms with Gasteiger partial charge in [-0.15, -0.1) is 0 Å². The Morgan fingerprint density at radius 1 is 1.33 bits per heavy atom. The first kappa shape index (κ1) is 8.73. The minimum atomic E-state index is -0.716. The lowest BCUT2D eigenvalue weighted by Crippen LogP contribution is -2.23. The zero-order valence-corrected chi connectivity index (χ0v) is 6.46. The quantitative estimate of drug-likeness (QED) is 0.483. The predicted molar refractivity (Wildman–Crippen MR) is 41.1 cm³/mol. The van der Waals surface area contributed by atoms with E-state index < -0.39 is 17.6 Å². The highest BCUT2D eigenvalue weighted by Crippen LogP contribution is 2.14. The number of aliphatic hydroxyl groups excluding tert-OH is 1. The number of nitrogens with one attached hydrogen (secondary N) is 1. The molecule has 1 heterocycles. The number of carbonyl (C=O) groups is 2. The highest BCUT2D eigenvalue weighted by Gasteiger charge is 2.28. The fourth-order valence-electron chi connectivity index (χ4n) is 0.993. The molecule has 0 aliphatic carbocycles. The molecule has 0 aromatic carbocycles. The first-order chi connectivity index (χ1) is 5.66. The molecule has 5 nitrogen and oxygen atoms in total. The molecule has 1 aliphatic heterocycles. The van der Waals surface area contributed by atoms with Crippen LogP contribution in [0, 0.1) is 0 Å². The van der Waals surface area contributed by atoms with Crippen LogP contribution in [0.25, 0.3) is 0 Å². The van der Waals surface area contributed by atoms with Crippen LogP contribution < -0.4 is 11.1 Å². The summed E-state index contributed by atoms with van der Waals surface area (Å²) in [6.45, 7) is 0.429. The minimum absolute atomic E-state index is 0.144. The Hall–Kier alpha value is -1.36. The average molecular weight is 170 g/mol. The largest absolute Gasteiger partial charge is 0.503 e. The van der Waals surface area contributed by atoms with Crippen molar-refractivity contribution in [3.05, 3.63) is 11.3 Å². The number of carbonyl (C=O) groups excluding carboxylic acids is 2. The van der Waals surface area contributed by atoms with Gasteiger partial charge in [0.2, 0.25) is 0 Å². The summed E-state index contributed by atoms with van der Waals surface area (Å²) < 4.78 is 0. The van der Waals surface area contributed by atoms with E-state index in [0.717, 1.165) is 0 Å². The highest BCUT2D eigenvalue weighted by atomic mass is 16.3. The number of imide groups is 1. The Morgan fingerprint density at radius 3 is 2.42 bits per heavy atom. The molecule has 0 aromatic heterocycles. The van der Waals surface area contributed by atoms with Gasteiger partial charge < -0.3 is 10.8 Å². The molecule has 0 fully saturated rings. The lowest BCUT2D eigenvalue weighted by Gasteiger charge is -1.96. The lowest BCUT2D eigenvalue weighted by atomic mass is 10.1. The molecule has 0 saturated heterocycles. The normalized spacial score (nSPS) is 17.1. The summed E-state index contributed by atoms with van der Waals surface area (Å²) in [4.78, 5) is 21.6. The summed E-state index contributed by atoms with van der Waals surface area (Å²) in [5.74, 6) is -1.69. The van der Waals surface area contributed by atoms with Gasteiger partial charge in [0, 0.05) is 0 Å². The van der Waals surface area contributed by atoms with Crippen LogP contribution in [0.1, 0.15) is 12.8 Å². The molecule has 0 saturated carbocycles. The van der Waals surface area contributed by atoms with Gasteiger partial charge in [0.05, 0.1) is 5.57 Å². The maximum Gasteiger partial charge on any atom is 0.293 e. The van der Waals surface area contributed by atoms with Gasteiger partial charge in [-0.1, -0.05) is 0 Å². The van der Waals surface area contributed by atoms with Gasteiger partial charge in [0.1, 0.15) is 0 Å². The Labute approximate surface area is 69.2 Å². The van der Waals surface area contributed by atoms with Crippen molar-refractivity contribution in [2.45, 2.75) is 12.8 Å². The minimum Gasteiger partial charge on any atom is -0.503 e. The van der Waals surface area contributed by atoms with Crippen molar-refractivity contribution in [2.24, 2.45) is 5.73 Å². The SMILES string of the molecule is NCCCC1=C(O)C(=O)NC1=O. The van der Waals surface area contributed by atoms with Gasteiger partial charge in [0.25, 0.3) is 11.8 Å². The first-order valence-corrected chi connectivity index (χ1v) is 3.64. The van der Waals surface area contributed by atoms with Crippen molar-refractivity contribution in [1.29, 1.82) is 0 Å². The highest BCUT2D eigenvalue weighted by molar-refractivity contribution is 6.18. The number of nitrogens with two attached hydrogens (primary N) is 1. The van der Waals surface area contributed by atoms with Crippen LogP contribution >= 0.6 is 0 Å². The molecule has 66 valence electrons. The van der Waals surface area contributed by atoms with E-state index >= 15 is 0 Å². The number of aliphatic hydroxyl groups is 1. The smallest absolute Gasteiger partial charge is 0.293 e. The van der Waals surface area contributed by atoms with E-state index in [4.69, 9.17) is 10.8 Å². The monoisotopic (exact) mass is 170 g/mol. The summed E-state index contributed by atoms with van der Waals surface area (Å²) in [7, 11) is 0.